The van der Waals surface area contributed by atoms with E-state index in [1.54, 1.807) is 0 Å². The molecular weight excluding hydrogens is 442 g/mol. The third-order valence-electron chi connectivity index (χ3n) is 5.85. The number of benzene rings is 2. The lowest BCUT2D eigenvalue weighted by Crippen LogP contribution is -2.50. The number of carbonyl (C=O) groups is 2. The second-order valence-electron chi connectivity index (χ2n) is 8.08. The molecule has 0 radical (unpaired) electrons. The van der Waals surface area contributed by atoms with Crippen molar-refractivity contribution in [1.82, 2.24) is 9.80 Å². The van der Waals surface area contributed by atoms with E-state index >= 15 is 0 Å². The van der Waals surface area contributed by atoms with Gasteiger partial charge in [-0.25, -0.2) is 0 Å². The number of carbonyl (C=O) groups excluding carboxylic acids is 2. The van der Waals surface area contributed by atoms with Crippen LogP contribution in [-0.4, -0.2) is 54.3 Å². The quantitative estimate of drug-likeness (QED) is 0.658. The SMILES string of the molecule is CC(C(=O)N1CCC(Cc2ccccc2)CC1)N(C)CC(=O)Nc1ccccc1Br. The first kappa shape index (κ1) is 22.5. The highest BCUT2D eigenvalue weighted by molar-refractivity contribution is 9.10. The third kappa shape index (κ3) is 6.16. The van der Waals surface area contributed by atoms with E-state index in [9.17, 15) is 9.59 Å². The number of nitrogens with one attached hydrogen (secondary N) is 1. The summed E-state index contributed by atoms with van der Waals surface area (Å²) in [7, 11) is 1.82. The predicted molar refractivity (Wildman–Crippen MR) is 124 cm³/mol. The number of para-hydroxylation sites is 1. The van der Waals surface area contributed by atoms with Gasteiger partial charge in [0.1, 0.15) is 0 Å². The molecule has 2 aromatic rings. The van der Waals surface area contributed by atoms with E-state index in [4.69, 9.17) is 0 Å². The third-order valence-corrected chi connectivity index (χ3v) is 6.54. The van der Waals surface area contributed by atoms with Crippen LogP contribution in [0.5, 0.6) is 0 Å². The van der Waals surface area contributed by atoms with Crippen molar-refractivity contribution in [3.05, 3.63) is 64.6 Å². The second-order valence-corrected chi connectivity index (χ2v) is 8.93. The summed E-state index contributed by atoms with van der Waals surface area (Å²) >= 11 is 3.43. The van der Waals surface area contributed by atoms with E-state index in [0.717, 1.165) is 42.5 Å². The number of likely N-dealkylation sites (N-methyl/N-ethyl adjacent to an activating group) is 1. The predicted octanol–water partition coefficient (Wildman–Crippen LogP) is 4.19. The van der Waals surface area contributed by atoms with Crippen molar-refractivity contribution < 1.29 is 9.59 Å². The van der Waals surface area contributed by atoms with Gasteiger partial charge >= 0.3 is 0 Å². The van der Waals surface area contributed by atoms with Crippen molar-refractivity contribution >= 4 is 33.4 Å². The van der Waals surface area contributed by atoms with Gasteiger partial charge in [-0.05, 0) is 72.8 Å². The van der Waals surface area contributed by atoms with Crippen LogP contribution in [0, 0.1) is 5.92 Å². The van der Waals surface area contributed by atoms with Gasteiger partial charge in [-0.3, -0.25) is 14.5 Å². The minimum absolute atomic E-state index is 0.101. The Labute approximate surface area is 187 Å². The number of likely N-dealkylation sites (tertiary alicyclic amines) is 1. The van der Waals surface area contributed by atoms with Crippen LogP contribution in [0.15, 0.2) is 59.1 Å². The Morgan fingerprint density at radius 1 is 1.10 bits per heavy atom. The molecular formula is C24H30BrN3O2. The molecule has 1 aliphatic rings. The molecule has 160 valence electrons. The van der Waals surface area contributed by atoms with Crippen LogP contribution in [0.2, 0.25) is 0 Å². The molecule has 0 aromatic heterocycles. The van der Waals surface area contributed by atoms with Gasteiger partial charge in [-0.1, -0.05) is 42.5 Å². The lowest BCUT2D eigenvalue weighted by atomic mass is 9.90. The number of halogens is 1. The van der Waals surface area contributed by atoms with E-state index < -0.39 is 0 Å². The smallest absolute Gasteiger partial charge is 0.239 e. The average Bonchev–Trinajstić information content (AvgIpc) is 2.75. The van der Waals surface area contributed by atoms with Gasteiger partial charge in [0.15, 0.2) is 0 Å². The molecule has 3 rings (SSSR count). The van der Waals surface area contributed by atoms with Crippen LogP contribution in [0.3, 0.4) is 0 Å². The van der Waals surface area contributed by atoms with Crippen LogP contribution in [0.25, 0.3) is 0 Å². The van der Waals surface area contributed by atoms with E-state index in [1.807, 2.05) is 54.1 Å². The fraction of sp³-hybridized carbons (Fsp3) is 0.417. The van der Waals surface area contributed by atoms with Crippen molar-refractivity contribution in [2.75, 3.05) is 32.0 Å². The Morgan fingerprint density at radius 3 is 2.40 bits per heavy atom. The first-order valence-corrected chi connectivity index (χ1v) is 11.3. The summed E-state index contributed by atoms with van der Waals surface area (Å²) in [4.78, 5) is 29.1. The number of hydrogen-bond donors (Lipinski definition) is 1. The molecule has 0 aliphatic carbocycles. The number of amides is 2. The van der Waals surface area contributed by atoms with Crippen LogP contribution in [0.1, 0.15) is 25.3 Å². The molecule has 2 amide bonds. The molecule has 1 fully saturated rings. The topological polar surface area (TPSA) is 52.7 Å². The van der Waals surface area contributed by atoms with Gasteiger partial charge in [-0.2, -0.15) is 0 Å². The van der Waals surface area contributed by atoms with Crippen molar-refractivity contribution in [3.8, 4) is 0 Å². The molecule has 6 heteroatoms. The maximum absolute atomic E-state index is 12.9. The molecule has 1 N–H and O–H groups in total. The van der Waals surface area contributed by atoms with Crippen molar-refractivity contribution in [2.24, 2.45) is 5.92 Å². The Balaban J connectivity index is 1.45. The summed E-state index contributed by atoms with van der Waals surface area (Å²) in [5, 5.41) is 2.89. The standard InChI is InChI=1S/C24H30BrN3O2/c1-18(27(2)17-23(29)26-22-11-7-6-10-21(22)25)24(30)28-14-12-20(13-15-28)16-19-8-4-3-5-9-19/h3-11,18,20H,12-17H2,1-2H3,(H,26,29). The summed E-state index contributed by atoms with van der Waals surface area (Å²) in [5.41, 5.74) is 2.10. The van der Waals surface area contributed by atoms with Crippen LogP contribution in [0.4, 0.5) is 5.69 Å². The maximum Gasteiger partial charge on any atom is 0.239 e. The first-order valence-electron chi connectivity index (χ1n) is 10.5. The molecule has 1 saturated heterocycles. The van der Waals surface area contributed by atoms with Crippen LogP contribution < -0.4 is 5.32 Å². The molecule has 1 heterocycles. The zero-order valence-corrected chi connectivity index (χ0v) is 19.3. The molecule has 0 bridgehead atoms. The molecule has 1 atom stereocenters. The minimum Gasteiger partial charge on any atom is -0.341 e. The molecule has 2 aromatic carbocycles. The summed E-state index contributed by atoms with van der Waals surface area (Å²) in [6.45, 7) is 3.62. The molecule has 5 nitrogen and oxygen atoms in total. The maximum atomic E-state index is 12.9. The van der Waals surface area contributed by atoms with E-state index in [2.05, 4.69) is 45.5 Å². The van der Waals surface area contributed by atoms with Gasteiger partial charge in [0, 0.05) is 17.6 Å². The first-order chi connectivity index (χ1) is 14.4. The van der Waals surface area contributed by atoms with E-state index in [-0.39, 0.29) is 24.4 Å². The molecule has 1 unspecified atom stereocenters. The minimum atomic E-state index is -0.333. The van der Waals surface area contributed by atoms with E-state index in [0.29, 0.717) is 5.92 Å². The summed E-state index contributed by atoms with van der Waals surface area (Å²) in [6.07, 6.45) is 3.13. The Hall–Kier alpha value is -2.18. The Morgan fingerprint density at radius 2 is 1.73 bits per heavy atom. The summed E-state index contributed by atoms with van der Waals surface area (Å²) in [6, 6.07) is 17.7. The highest BCUT2D eigenvalue weighted by Gasteiger charge is 2.28. The van der Waals surface area contributed by atoms with Gasteiger partial charge in [0.05, 0.1) is 18.3 Å². The Kier molecular flexibility index (Phi) is 8.05. The fourth-order valence-electron chi connectivity index (χ4n) is 3.87. The van der Waals surface area contributed by atoms with Gasteiger partial charge in [0.25, 0.3) is 0 Å². The van der Waals surface area contributed by atoms with Gasteiger partial charge in [0.2, 0.25) is 11.8 Å². The zero-order valence-electron chi connectivity index (χ0n) is 17.7. The lowest BCUT2D eigenvalue weighted by Gasteiger charge is -2.35. The van der Waals surface area contributed by atoms with Crippen molar-refractivity contribution in [3.63, 3.8) is 0 Å². The average molecular weight is 472 g/mol. The van der Waals surface area contributed by atoms with Gasteiger partial charge < -0.3 is 10.2 Å². The number of hydrogen-bond acceptors (Lipinski definition) is 3. The van der Waals surface area contributed by atoms with Crippen molar-refractivity contribution in [1.29, 1.82) is 0 Å². The largest absolute Gasteiger partial charge is 0.341 e. The number of nitrogens with zero attached hydrogens (tertiary/aromatic N) is 2. The highest BCUT2D eigenvalue weighted by Crippen LogP contribution is 2.23. The number of rotatable bonds is 7. The summed E-state index contributed by atoms with van der Waals surface area (Å²) in [5.74, 6) is 0.592. The molecule has 0 spiro atoms. The van der Waals surface area contributed by atoms with Gasteiger partial charge in [-0.15, -0.1) is 0 Å². The van der Waals surface area contributed by atoms with Crippen LogP contribution in [-0.2, 0) is 16.0 Å². The van der Waals surface area contributed by atoms with E-state index in [1.165, 1.54) is 5.56 Å². The second kappa shape index (κ2) is 10.7. The van der Waals surface area contributed by atoms with Crippen molar-refractivity contribution in [2.45, 2.75) is 32.2 Å². The molecule has 0 saturated carbocycles. The highest BCUT2D eigenvalue weighted by atomic mass is 79.9. The zero-order chi connectivity index (χ0) is 21.5. The number of anilines is 1. The monoisotopic (exact) mass is 471 g/mol. The van der Waals surface area contributed by atoms with Crippen LogP contribution >= 0.6 is 15.9 Å². The lowest BCUT2D eigenvalue weighted by molar-refractivity contribution is -0.137. The molecule has 30 heavy (non-hydrogen) atoms. The summed E-state index contributed by atoms with van der Waals surface area (Å²) < 4.78 is 0.837. The normalized spacial score (nSPS) is 15.8. The molecule has 1 aliphatic heterocycles. The Bertz CT molecular complexity index is 851. The number of piperidine rings is 1. The fourth-order valence-corrected chi connectivity index (χ4v) is 4.26.